The van der Waals surface area contributed by atoms with Crippen LogP contribution < -0.4 is 4.74 Å². The van der Waals surface area contributed by atoms with Crippen molar-refractivity contribution >= 4 is 18.3 Å². The largest absolute Gasteiger partial charge is 0.489 e. The van der Waals surface area contributed by atoms with E-state index in [4.69, 9.17) is 9.84 Å². The first-order chi connectivity index (χ1) is 16.1. The van der Waals surface area contributed by atoms with E-state index in [0.717, 1.165) is 40.2 Å². The number of rotatable bonds is 8. The number of nitrogens with zero attached hydrogens (tertiary/aromatic N) is 1. The molecule has 1 N–H and O–H groups in total. The van der Waals surface area contributed by atoms with E-state index >= 15 is 0 Å². The first-order valence-electron chi connectivity index (χ1n) is 10.4. The van der Waals surface area contributed by atoms with Crippen molar-refractivity contribution in [1.29, 1.82) is 0 Å². The monoisotopic (exact) mass is 435 g/mol. The number of aldehydes is 1. The molecular formula is C28H21NO4. The minimum Gasteiger partial charge on any atom is -0.489 e. The molecule has 1 aromatic heterocycles. The van der Waals surface area contributed by atoms with Gasteiger partial charge in [0.25, 0.3) is 0 Å². The average molecular weight is 435 g/mol. The van der Waals surface area contributed by atoms with Gasteiger partial charge in [-0.3, -0.25) is 9.78 Å². The number of aromatic nitrogens is 1. The highest BCUT2D eigenvalue weighted by Crippen LogP contribution is 2.32. The number of carboxylic acid groups (broad SMARTS) is 1. The van der Waals surface area contributed by atoms with Crippen molar-refractivity contribution in [2.24, 2.45) is 0 Å². The molecule has 0 aliphatic heterocycles. The fraction of sp³-hybridized carbons (Fsp3) is 0.0357. The van der Waals surface area contributed by atoms with Crippen molar-refractivity contribution in [2.75, 3.05) is 0 Å². The number of pyridine rings is 1. The summed E-state index contributed by atoms with van der Waals surface area (Å²) in [6.07, 6.45) is 6.83. The van der Waals surface area contributed by atoms with E-state index in [9.17, 15) is 9.59 Å². The molecule has 0 amide bonds. The molecule has 0 bridgehead atoms. The second-order valence-electron chi connectivity index (χ2n) is 7.36. The Bertz CT molecular complexity index is 1300. The summed E-state index contributed by atoms with van der Waals surface area (Å²) in [4.78, 5) is 27.1. The fourth-order valence-corrected chi connectivity index (χ4v) is 3.55. The number of carbonyl (C=O) groups is 2. The average Bonchev–Trinajstić information content (AvgIpc) is 2.87. The summed E-state index contributed by atoms with van der Waals surface area (Å²) in [5.41, 5.74) is 5.46. The second-order valence-corrected chi connectivity index (χ2v) is 7.36. The Kier molecular flexibility index (Phi) is 6.71. The molecule has 162 valence electrons. The maximum absolute atomic E-state index is 11.8. The highest BCUT2D eigenvalue weighted by molar-refractivity contribution is 5.92. The van der Waals surface area contributed by atoms with Crippen molar-refractivity contribution in [1.82, 2.24) is 4.98 Å². The predicted octanol–water partition coefficient (Wildman–Crippen LogP) is 5.90. The molecule has 5 heteroatoms. The van der Waals surface area contributed by atoms with Crippen LogP contribution in [0.15, 0.2) is 97.3 Å². The molecule has 3 aromatic carbocycles. The summed E-state index contributed by atoms with van der Waals surface area (Å²) in [6, 6.07) is 24.6. The summed E-state index contributed by atoms with van der Waals surface area (Å²) in [5.74, 6) is -0.424. The van der Waals surface area contributed by atoms with Crippen LogP contribution in [0.2, 0.25) is 0 Å². The number of ether oxygens (including phenoxy) is 1. The van der Waals surface area contributed by atoms with Crippen LogP contribution >= 0.6 is 0 Å². The molecule has 33 heavy (non-hydrogen) atoms. The van der Waals surface area contributed by atoms with Gasteiger partial charge in [0.2, 0.25) is 0 Å². The van der Waals surface area contributed by atoms with Crippen LogP contribution in [0, 0.1) is 0 Å². The Morgan fingerprint density at radius 2 is 1.67 bits per heavy atom. The molecule has 0 spiro atoms. The Hall–Kier alpha value is -4.51. The van der Waals surface area contributed by atoms with Crippen molar-refractivity contribution < 1.29 is 19.4 Å². The zero-order chi connectivity index (χ0) is 23.0. The normalized spacial score (nSPS) is 10.8. The third-order valence-electron chi connectivity index (χ3n) is 5.14. The van der Waals surface area contributed by atoms with Crippen LogP contribution in [-0.2, 0) is 11.4 Å². The molecule has 0 saturated heterocycles. The third-order valence-corrected chi connectivity index (χ3v) is 5.14. The maximum atomic E-state index is 11.8. The van der Waals surface area contributed by atoms with Gasteiger partial charge in [0.05, 0.1) is 0 Å². The van der Waals surface area contributed by atoms with Crippen LogP contribution in [0.4, 0.5) is 0 Å². The quantitative estimate of drug-likeness (QED) is 0.275. The van der Waals surface area contributed by atoms with E-state index in [-0.39, 0.29) is 0 Å². The van der Waals surface area contributed by atoms with E-state index in [0.29, 0.717) is 23.5 Å². The zero-order valence-electron chi connectivity index (χ0n) is 17.7. The van der Waals surface area contributed by atoms with Gasteiger partial charge in [-0.25, -0.2) is 4.79 Å². The van der Waals surface area contributed by atoms with E-state index in [2.05, 4.69) is 4.98 Å². The van der Waals surface area contributed by atoms with E-state index < -0.39 is 5.97 Å². The first-order valence-corrected chi connectivity index (χ1v) is 10.4. The number of carboxylic acids is 1. The Morgan fingerprint density at radius 3 is 2.39 bits per heavy atom. The van der Waals surface area contributed by atoms with Gasteiger partial charge >= 0.3 is 5.97 Å². The number of benzene rings is 3. The first kappa shape index (κ1) is 21.7. The lowest BCUT2D eigenvalue weighted by Gasteiger charge is -2.13. The molecule has 0 fully saturated rings. The van der Waals surface area contributed by atoms with Gasteiger partial charge in [-0.2, -0.15) is 0 Å². The molecule has 1 heterocycles. The Morgan fingerprint density at radius 1 is 0.879 bits per heavy atom. The lowest BCUT2D eigenvalue weighted by molar-refractivity contribution is -0.131. The standard InChI is InChI=1S/C28H21NO4/c30-18-24-15-21(8-11-27(24)23-7-4-14-29-17-23)26-12-10-25(16-22(26)9-13-28(31)32)33-19-20-5-2-1-3-6-20/h1-18H,19H2,(H,31,32)/b13-9+. The van der Waals surface area contributed by atoms with Gasteiger partial charge in [0.15, 0.2) is 6.29 Å². The van der Waals surface area contributed by atoms with Gasteiger partial charge in [0.1, 0.15) is 12.4 Å². The second kappa shape index (κ2) is 10.2. The van der Waals surface area contributed by atoms with Crippen molar-refractivity contribution in [3.8, 4) is 28.0 Å². The van der Waals surface area contributed by atoms with Crippen molar-refractivity contribution in [3.05, 3.63) is 114 Å². The van der Waals surface area contributed by atoms with Crippen LogP contribution in [0.1, 0.15) is 21.5 Å². The number of hydrogen-bond donors (Lipinski definition) is 1. The summed E-state index contributed by atoms with van der Waals surface area (Å²) in [6.45, 7) is 0.400. The lowest BCUT2D eigenvalue weighted by Crippen LogP contribution is -1.96. The molecule has 0 unspecified atom stereocenters. The molecule has 0 aliphatic rings. The van der Waals surface area contributed by atoms with Gasteiger partial charge in [-0.15, -0.1) is 0 Å². The highest BCUT2D eigenvalue weighted by Gasteiger charge is 2.11. The van der Waals surface area contributed by atoms with E-state index in [1.54, 1.807) is 24.5 Å². The molecule has 0 aliphatic carbocycles. The zero-order valence-corrected chi connectivity index (χ0v) is 17.7. The maximum Gasteiger partial charge on any atom is 0.328 e. The topological polar surface area (TPSA) is 76.5 Å². The van der Waals surface area contributed by atoms with Crippen LogP contribution in [0.25, 0.3) is 28.3 Å². The molecule has 4 aromatic rings. The number of hydrogen-bond acceptors (Lipinski definition) is 4. The molecule has 4 rings (SSSR count). The highest BCUT2D eigenvalue weighted by atomic mass is 16.5. The van der Waals surface area contributed by atoms with E-state index in [1.165, 1.54) is 6.08 Å². The van der Waals surface area contributed by atoms with Crippen molar-refractivity contribution in [2.45, 2.75) is 6.61 Å². The van der Waals surface area contributed by atoms with Crippen LogP contribution in [0.5, 0.6) is 5.75 Å². The summed E-state index contributed by atoms with van der Waals surface area (Å²) in [5, 5.41) is 9.13. The minimum atomic E-state index is -1.04. The summed E-state index contributed by atoms with van der Waals surface area (Å²) < 4.78 is 5.91. The minimum absolute atomic E-state index is 0.400. The fourth-order valence-electron chi connectivity index (χ4n) is 3.55. The van der Waals surface area contributed by atoms with Crippen LogP contribution in [-0.4, -0.2) is 22.3 Å². The summed E-state index contributed by atoms with van der Waals surface area (Å²) in [7, 11) is 0. The third kappa shape index (κ3) is 5.40. The lowest BCUT2D eigenvalue weighted by atomic mass is 9.93. The van der Waals surface area contributed by atoms with Gasteiger partial charge in [-0.05, 0) is 58.2 Å². The molecule has 5 nitrogen and oxygen atoms in total. The molecule has 0 radical (unpaired) electrons. The van der Waals surface area contributed by atoms with Gasteiger partial charge in [-0.1, -0.05) is 54.6 Å². The Balaban J connectivity index is 1.70. The SMILES string of the molecule is O=Cc1cc(-c2ccc(OCc3ccccc3)cc2/C=C/C(=O)O)ccc1-c1cccnc1. The van der Waals surface area contributed by atoms with Crippen LogP contribution in [0.3, 0.4) is 0 Å². The molecule has 0 atom stereocenters. The number of aliphatic carboxylic acids is 1. The molecular weight excluding hydrogens is 414 g/mol. The number of carbonyl (C=O) groups excluding carboxylic acids is 1. The van der Waals surface area contributed by atoms with Gasteiger partial charge < -0.3 is 9.84 Å². The van der Waals surface area contributed by atoms with Crippen molar-refractivity contribution in [3.63, 3.8) is 0 Å². The predicted molar refractivity (Wildman–Crippen MR) is 128 cm³/mol. The van der Waals surface area contributed by atoms with E-state index in [1.807, 2.05) is 66.7 Å². The molecule has 0 saturated carbocycles. The smallest absolute Gasteiger partial charge is 0.328 e. The van der Waals surface area contributed by atoms with Gasteiger partial charge in [0, 0.05) is 29.6 Å². The Labute approximate surface area is 191 Å². The summed E-state index contributed by atoms with van der Waals surface area (Å²) >= 11 is 0.